The maximum atomic E-state index is 14.5. The fourth-order valence-electron chi connectivity index (χ4n) is 5.32. The highest BCUT2D eigenvalue weighted by Crippen LogP contribution is 2.34. The van der Waals surface area contributed by atoms with E-state index in [1.54, 1.807) is 4.68 Å². The molecule has 0 spiro atoms. The zero-order valence-electron chi connectivity index (χ0n) is 22.6. The van der Waals surface area contributed by atoms with Crippen LogP contribution in [0.25, 0.3) is 5.69 Å². The van der Waals surface area contributed by atoms with Gasteiger partial charge in [0.15, 0.2) is 5.69 Å². The van der Waals surface area contributed by atoms with Gasteiger partial charge in [-0.25, -0.2) is 9.59 Å². The van der Waals surface area contributed by atoms with E-state index in [0.717, 1.165) is 29.8 Å². The smallest absolute Gasteiger partial charge is 0.322 e. The highest BCUT2D eigenvalue weighted by atomic mass is 16.2. The number of para-hydroxylation sites is 2. The molecule has 3 heterocycles. The van der Waals surface area contributed by atoms with E-state index >= 15 is 0 Å². The molecule has 7 heteroatoms. The molecule has 1 aliphatic heterocycles. The molecule has 1 N–H and O–H groups in total. The van der Waals surface area contributed by atoms with E-state index < -0.39 is 0 Å². The van der Waals surface area contributed by atoms with Crippen molar-refractivity contribution in [2.24, 2.45) is 0 Å². The molecule has 196 valence electrons. The maximum absolute atomic E-state index is 14.5. The number of hydrogen-bond acceptors (Lipinski definition) is 3. The first-order valence-corrected chi connectivity index (χ1v) is 13.3. The average Bonchev–Trinajstić information content (AvgIpc) is 3.65. The number of quaternary nitrogens is 1. The summed E-state index contributed by atoms with van der Waals surface area (Å²) in [6, 6.07) is 23.0. The van der Waals surface area contributed by atoms with E-state index in [1.807, 2.05) is 96.7 Å². The van der Waals surface area contributed by atoms with Gasteiger partial charge in [0.25, 0.3) is 0 Å². The molecule has 2 aromatic carbocycles. The third-order valence-electron chi connectivity index (χ3n) is 7.58. The summed E-state index contributed by atoms with van der Waals surface area (Å²) in [6.07, 6.45) is 5.49. The number of carbonyl (C=O) groups excluding carboxylic acids is 2. The molecular weight excluding hydrogens is 474 g/mol. The summed E-state index contributed by atoms with van der Waals surface area (Å²) >= 11 is 0. The van der Waals surface area contributed by atoms with Crippen LogP contribution in [0.1, 0.15) is 62.3 Å². The third-order valence-corrected chi connectivity index (χ3v) is 7.58. The minimum absolute atomic E-state index is 0.153. The number of aromatic nitrogens is 3. The summed E-state index contributed by atoms with van der Waals surface area (Å²) in [5.41, 5.74) is 3.65. The van der Waals surface area contributed by atoms with E-state index in [0.29, 0.717) is 24.5 Å². The number of hydrogen-bond donors (Lipinski definition) is 1. The summed E-state index contributed by atoms with van der Waals surface area (Å²) in [7, 11) is 0. The van der Waals surface area contributed by atoms with Gasteiger partial charge < -0.3 is 4.57 Å². The average molecular weight is 511 g/mol. The van der Waals surface area contributed by atoms with Crippen molar-refractivity contribution in [2.45, 2.75) is 58.5 Å². The van der Waals surface area contributed by atoms with Crippen molar-refractivity contribution >= 4 is 17.6 Å². The van der Waals surface area contributed by atoms with Crippen molar-refractivity contribution in [1.82, 2.24) is 14.3 Å². The lowest BCUT2D eigenvalue weighted by Crippen LogP contribution is -2.61. The van der Waals surface area contributed by atoms with Crippen LogP contribution in [0, 0.1) is 0 Å². The molecule has 5 rings (SSSR count). The second kappa shape index (κ2) is 10.1. The highest BCUT2D eigenvalue weighted by molar-refractivity contribution is 5.99. The fourth-order valence-corrected chi connectivity index (χ4v) is 5.32. The number of nitrogens with one attached hydrogen (secondary N) is 1. The Morgan fingerprint density at radius 2 is 1.68 bits per heavy atom. The molecule has 1 saturated heterocycles. The van der Waals surface area contributed by atoms with Crippen LogP contribution >= 0.6 is 0 Å². The number of carbonyl (C=O) groups is 2. The Kier molecular flexibility index (Phi) is 6.80. The Hall–Kier alpha value is -3.97. The Labute approximate surface area is 224 Å². The minimum atomic E-state index is -0.302. The third kappa shape index (κ3) is 4.70. The Morgan fingerprint density at radius 1 is 1.00 bits per heavy atom. The molecule has 7 nitrogen and oxygen atoms in total. The maximum Gasteiger partial charge on any atom is 0.429 e. The second-order valence-electron chi connectivity index (χ2n) is 11.2. The highest BCUT2D eigenvalue weighted by Gasteiger charge is 2.54. The lowest BCUT2D eigenvalue weighted by atomic mass is 9.92. The first kappa shape index (κ1) is 25.7. The van der Waals surface area contributed by atoms with Crippen LogP contribution < -0.4 is 5.32 Å². The van der Waals surface area contributed by atoms with Gasteiger partial charge in [0.05, 0.1) is 30.2 Å². The molecule has 38 heavy (non-hydrogen) atoms. The number of nitrogens with zero attached hydrogens (tertiary/aromatic N) is 4. The fraction of sp³-hybridized carbons (Fsp3) is 0.323. The van der Waals surface area contributed by atoms with Gasteiger partial charge in [-0.1, -0.05) is 63.2 Å². The van der Waals surface area contributed by atoms with Crippen LogP contribution in [0.5, 0.6) is 0 Å². The standard InChI is InChI=1S/C31H35N5O2/c1-23-13-12-20-36(23,30(38)32-25-16-8-9-17-26(25)34-18-10-11-19-34)29(37)27-21-28(31(2,3)4)33-35(27)22-24-14-6-5-7-15-24/h5-11,14-19,21,23H,12-13,20,22H2,1-4H3/p+1/t23-,36?/m1/s1. The van der Waals surface area contributed by atoms with Crippen molar-refractivity contribution < 1.29 is 14.1 Å². The second-order valence-corrected chi connectivity index (χ2v) is 11.2. The van der Waals surface area contributed by atoms with E-state index in [2.05, 4.69) is 26.1 Å². The minimum Gasteiger partial charge on any atom is -0.322 e. The predicted octanol–water partition coefficient (Wildman–Crippen LogP) is 6.39. The number of amides is 3. The summed E-state index contributed by atoms with van der Waals surface area (Å²) in [4.78, 5) is 28.7. The van der Waals surface area contributed by atoms with Crippen LogP contribution in [0.2, 0.25) is 0 Å². The van der Waals surface area contributed by atoms with Gasteiger partial charge >= 0.3 is 11.9 Å². The normalized spacial score (nSPS) is 19.4. The van der Waals surface area contributed by atoms with Crippen LogP contribution in [0.15, 0.2) is 85.2 Å². The summed E-state index contributed by atoms with van der Waals surface area (Å²) in [5, 5.41) is 8.00. The molecule has 2 atom stereocenters. The van der Waals surface area contributed by atoms with Gasteiger partial charge in [-0.05, 0) is 42.8 Å². The SMILES string of the molecule is C[C@@H]1CCC[N+]1(C(=O)Nc1ccccc1-n1cccc1)C(=O)c1cc(C(C)(C)C)nn1Cc1ccccc1. The van der Waals surface area contributed by atoms with Crippen molar-refractivity contribution in [3.8, 4) is 5.69 Å². The summed E-state index contributed by atoms with van der Waals surface area (Å²) in [5.74, 6) is -0.204. The number of likely N-dealkylation sites (tertiary alicyclic amines) is 1. The predicted molar refractivity (Wildman–Crippen MR) is 149 cm³/mol. The van der Waals surface area contributed by atoms with Crippen LogP contribution in [0.3, 0.4) is 0 Å². The first-order valence-electron chi connectivity index (χ1n) is 13.3. The topological polar surface area (TPSA) is 68.9 Å². The zero-order chi connectivity index (χ0) is 26.9. The number of rotatable bonds is 5. The van der Waals surface area contributed by atoms with E-state index in [9.17, 15) is 9.59 Å². The molecule has 2 aromatic heterocycles. The molecule has 1 aliphatic rings. The van der Waals surface area contributed by atoms with Crippen LogP contribution in [-0.4, -0.2) is 43.4 Å². The number of benzene rings is 2. The number of urea groups is 1. The van der Waals surface area contributed by atoms with Crippen LogP contribution in [-0.2, 0) is 12.0 Å². The lowest BCUT2D eigenvalue weighted by Gasteiger charge is -2.33. The van der Waals surface area contributed by atoms with Gasteiger partial charge in [0.2, 0.25) is 0 Å². The Morgan fingerprint density at radius 3 is 2.34 bits per heavy atom. The van der Waals surface area contributed by atoms with E-state index in [-0.39, 0.29) is 27.9 Å². The van der Waals surface area contributed by atoms with Gasteiger partial charge in [0.1, 0.15) is 6.04 Å². The molecule has 4 aromatic rings. The quantitative estimate of drug-likeness (QED) is 0.316. The van der Waals surface area contributed by atoms with Crippen molar-refractivity contribution in [3.05, 3.63) is 102 Å². The lowest BCUT2D eigenvalue weighted by molar-refractivity contribution is -0.775. The van der Waals surface area contributed by atoms with Gasteiger partial charge in [-0.2, -0.15) is 9.58 Å². The molecule has 1 fully saturated rings. The van der Waals surface area contributed by atoms with Gasteiger partial charge in [-0.3, -0.25) is 10.00 Å². The summed E-state index contributed by atoms with van der Waals surface area (Å²) < 4.78 is 3.47. The summed E-state index contributed by atoms with van der Waals surface area (Å²) in [6.45, 7) is 9.19. The van der Waals surface area contributed by atoms with Crippen molar-refractivity contribution in [3.63, 3.8) is 0 Å². The first-order chi connectivity index (χ1) is 18.2. The largest absolute Gasteiger partial charge is 0.429 e. The Balaban J connectivity index is 1.55. The van der Waals surface area contributed by atoms with Gasteiger partial charge in [0, 0.05) is 30.7 Å². The molecule has 1 unspecified atom stereocenters. The van der Waals surface area contributed by atoms with Crippen molar-refractivity contribution in [1.29, 1.82) is 0 Å². The number of imide groups is 1. The molecule has 3 amide bonds. The van der Waals surface area contributed by atoms with Gasteiger partial charge in [-0.15, -0.1) is 0 Å². The van der Waals surface area contributed by atoms with E-state index in [4.69, 9.17) is 5.10 Å². The number of anilines is 1. The zero-order valence-corrected chi connectivity index (χ0v) is 22.6. The monoisotopic (exact) mass is 510 g/mol. The molecular formula is C31H36N5O2+. The van der Waals surface area contributed by atoms with Crippen LogP contribution in [0.4, 0.5) is 10.5 Å². The van der Waals surface area contributed by atoms with E-state index in [1.165, 1.54) is 0 Å². The Bertz CT molecular complexity index is 1430. The molecule has 0 radical (unpaired) electrons. The van der Waals surface area contributed by atoms with Crippen molar-refractivity contribution in [2.75, 3.05) is 11.9 Å². The molecule has 0 bridgehead atoms. The molecule has 0 aliphatic carbocycles. The molecule has 0 saturated carbocycles.